The fraction of sp³-hybridized carbons (Fsp3) is 0.458. The summed E-state index contributed by atoms with van der Waals surface area (Å²) in [6.07, 6.45) is 4.73. The van der Waals surface area contributed by atoms with Gasteiger partial charge in [0.15, 0.2) is 0 Å². The summed E-state index contributed by atoms with van der Waals surface area (Å²) in [6, 6.07) is 19.3. The van der Waals surface area contributed by atoms with Crippen LogP contribution >= 0.6 is 0 Å². The summed E-state index contributed by atoms with van der Waals surface area (Å²) >= 11 is 0. The van der Waals surface area contributed by atoms with Gasteiger partial charge in [-0.15, -0.1) is 0 Å². The van der Waals surface area contributed by atoms with Crippen molar-refractivity contribution in [3.63, 3.8) is 0 Å². The number of nitrogens with one attached hydrogen (secondary N) is 1. The quantitative estimate of drug-likeness (QED) is 0.834. The third kappa shape index (κ3) is 5.21. The molecule has 2 aliphatic rings. The molecule has 0 unspecified atom stereocenters. The first kappa shape index (κ1) is 19.2. The second-order valence-corrected chi connectivity index (χ2v) is 8.19. The lowest BCUT2D eigenvalue weighted by molar-refractivity contribution is 0.0938. The van der Waals surface area contributed by atoms with E-state index in [2.05, 4.69) is 57.6 Å². The van der Waals surface area contributed by atoms with E-state index in [-0.39, 0.29) is 5.91 Å². The Hall–Kier alpha value is -2.17. The normalized spacial score (nSPS) is 19.0. The van der Waals surface area contributed by atoms with E-state index in [9.17, 15) is 4.79 Å². The highest BCUT2D eigenvalue weighted by atomic mass is 16.1. The fourth-order valence-corrected chi connectivity index (χ4v) is 4.31. The number of hydrogen-bond donors (Lipinski definition) is 1. The lowest BCUT2D eigenvalue weighted by atomic mass is 10.1. The molecule has 1 saturated carbocycles. The van der Waals surface area contributed by atoms with E-state index >= 15 is 0 Å². The zero-order chi connectivity index (χ0) is 19.2. The summed E-state index contributed by atoms with van der Waals surface area (Å²) in [5.41, 5.74) is 3.46. The highest BCUT2D eigenvalue weighted by Gasteiger charge is 2.19. The third-order valence-corrected chi connectivity index (χ3v) is 6.03. The predicted octanol–water partition coefficient (Wildman–Crippen LogP) is 3.68. The molecule has 0 radical (unpaired) electrons. The highest BCUT2D eigenvalue weighted by Crippen LogP contribution is 2.18. The standard InChI is InChI=1S/C24H31N3O/c28-24(25-23-8-4-5-9-23)22-12-10-21(11-13-22)19-27-16-14-26(15-17-27)18-20-6-2-1-3-7-20/h1-3,6-7,10-13,23H,4-5,8-9,14-19H2,(H,25,28). The van der Waals surface area contributed by atoms with E-state index in [0.717, 1.165) is 57.7 Å². The Balaban J connectivity index is 1.23. The molecule has 4 heteroatoms. The molecule has 0 atom stereocenters. The van der Waals surface area contributed by atoms with E-state index in [1.54, 1.807) is 0 Å². The predicted molar refractivity (Wildman–Crippen MR) is 113 cm³/mol. The average Bonchev–Trinajstić information content (AvgIpc) is 3.24. The first-order valence-electron chi connectivity index (χ1n) is 10.6. The van der Waals surface area contributed by atoms with Gasteiger partial charge in [0.05, 0.1) is 0 Å². The molecular weight excluding hydrogens is 346 g/mol. The SMILES string of the molecule is O=C(NC1CCCC1)c1ccc(CN2CCN(Cc3ccccc3)CC2)cc1. The van der Waals surface area contributed by atoms with E-state index in [1.807, 2.05) is 12.1 Å². The molecule has 1 amide bonds. The highest BCUT2D eigenvalue weighted by molar-refractivity contribution is 5.94. The van der Waals surface area contributed by atoms with E-state index in [0.29, 0.717) is 6.04 Å². The molecule has 1 N–H and O–H groups in total. The topological polar surface area (TPSA) is 35.6 Å². The van der Waals surface area contributed by atoms with Crippen LogP contribution in [0.4, 0.5) is 0 Å². The number of rotatable bonds is 6. The summed E-state index contributed by atoms with van der Waals surface area (Å²) in [7, 11) is 0. The average molecular weight is 378 g/mol. The summed E-state index contributed by atoms with van der Waals surface area (Å²) in [4.78, 5) is 17.4. The van der Waals surface area contributed by atoms with Crippen molar-refractivity contribution in [2.75, 3.05) is 26.2 Å². The summed E-state index contributed by atoms with van der Waals surface area (Å²) in [6.45, 7) is 6.41. The van der Waals surface area contributed by atoms with Crippen molar-refractivity contribution in [1.29, 1.82) is 0 Å². The van der Waals surface area contributed by atoms with Crippen LogP contribution in [0, 0.1) is 0 Å². The van der Waals surface area contributed by atoms with Crippen molar-refractivity contribution in [3.05, 3.63) is 71.3 Å². The van der Waals surface area contributed by atoms with E-state index in [4.69, 9.17) is 0 Å². The van der Waals surface area contributed by atoms with Gasteiger partial charge in [-0.1, -0.05) is 55.3 Å². The van der Waals surface area contributed by atoms with Crippen LogP contribution < -0.4 is 5.32 Å². The zero-order valence-electron chi connectivity index (χ0n) is 16.6. The Morgan fingerprint density at radius 2 is 1.32 bits per heavy atom. The minimum absolute atomic E-state index is 0.0768. The van der Waals surface area contributed by atoms with Crippen molar-refractivity contribution in [1.82, 2.24) is 15.1 Å². The molecule has 148 valence electrons. The first-order chi connectivity index (χ1) is 13.8. The van der Waals surface area contributed by atoms with Gasteiger partial charge >= 0.3 is 0 Å². The maximum atomic E-state index is 12.4. The van der Waals surface area contributed by atoms with Crippen molar-refractivity contribution >= 4 is 5.91 Å². The minimum Gasteiger partial charge on any atom is -0.349 e. The number of carbonyl (C=O) groups is 1. The molecule has 2 aromatic carbocycles. The number of hydrogen-bond acceptors (Lipinski definition) is 3. The van der Waals surface area contributed by atoms with Crippen LogP contribution in [-0.4, -0.2) is 47.9 Å². The number of benzene rings is 2. The second kappa shape index (κ2) is 9.35. The smallest absolute Gasteiger partial charge is 0.251 e. The number of nitrogens with zero attached hydrogens (tertiary/aromatic N) is 2. The molecule has 1 aliphatic heterocycles. The Morgan fingerprint density at radius 3 is 1.89 bits per heavy atom. The molecule has 4 rings (SSSR count). The summed E-state index contributed by atoms with van der Waals surface area (Å²) in [5, 5.41) is 3.17. The number of carbonyl (C=O) groups excluding carboxylic acids is 1. The van der Waals surface area contributed by atoms with E-state index in [1.165, 1.54) is 24.0 Å². The molecule has 1 heterocycles. The van der Waals surface area contributed by atoms with Gasteiger partial charge in [0, 0.05) is 50.9 Å². The molecule has 0 aromatic heterocycles. The molecular formula is C24H31N3O. The maximum absolute atomic E-state index is 12.4. The Labute approximate surface area is 168 Å². The monoisotopic (exact) mass is 377 g/mol. The van der Waals surface area contributed by atoms with Crippen molar-refractivity contribution in [2.45, 2.75) is 44.8 Å². The van der Waals surface area contributed by atoms with Crippen LogP contribution in [0.15, 0.2) is 54.6 Å². The van der Waals surface area contributed by atoms with Crippen LogP contribution in [0.5, 0.6) is 0 Å². The van der Waals surface area contributed by atoms with Crippen LogP contribution in [0.3, 0.4) is 0 Å². The molecule has 0 bridgehead atoms. The largest absolute Gasteiger partial charge is 0.349 e. The van der Waals surface area contributed by atoms with Gasteiger partial charge in [-0.3, -0.25) is 14.6 Å². The van der Waals surface area contributed by atoms with Crippen molar-refractivity contribution in [2.24, 2.45) is 0 Å². The lowest BCUT2D eigenvalue weighted by Crippen LogP contribution is -2.45. The lowest BCUT2D eigenvalue weighted by Gasteiger charge is -2.34. The van der Waals surface area contributed by atoms with Gasteiger partial charge in [0.1, 0.15) is 0 Å². The Bertz CT molecular complexity index is 745. The van der Waals surface area contributed by atoms with Gasteiger partial charge in [-0.05, 0) is 36.1 Å². The second-order valence-electron chi connectivity index (χ2n) is 8.19. The van der Waals surface area contributed by atoms with Crippen molar-refractivity contribution in [3.8, 4) is 0 Å². The van der Waals surface area contributed by atoms with Crippen molar-refractivity contribution < 1.29 is 4.79 Å². The molecule has 1 saturated heterocycles. The zero-order valence-corrected chi connectivity index (χ0v) is 16.6. The molecule has 28 heavy (non-hydrogen) atoms. The van der Waals surface area contributed by atoms with Gasteiger partial charge in [0.25, 0.3) is 5.91 Å². The first-order valence-corrected chi connectivity index (χ1v) is 10.6. The summed E-state index contributed by atoms with van der Waals surface area (Å²) in [5.74, 6) is 0.0768. The van der Waals surface area contributed by atoms with E-state index < -0.39 is 0 Å². The van der Waals surface area contributed by atoms with Crippen LogP contribution in [0.25, 0.3) is 0 Å². The molecule has 2 fully saturated rings. The van der Waals surface area contributed by atoms with Gasteiger partial charge in [-0.2, -0.15) is 0 Å². The number of amides is 1. The van der Waals surface area contributed by atoms with Gasteiger partial charge in [0.2, 0.25) is 0 Å². The van der Waals surface area contributed by atoms with Crippen LogP contribution in [-0.2, 0) is 13.1 Å². The van der Waals surface area contributed by atoms with Gasteiger partial charge < -0.3 is 5.32 Å². The third-order valence-electron chi connectivity index (χ3n) is 6.03. The van der Waals surface area contributed by atoms with Gasteiger partial charge in [-0.25, -0.2) is 0 Å². The Morgan fingerprint density at radius 1 is 0.786 bits per heavy atom. The summed E-state index contributed by atoms with van der Waals surface area (Å²) < 4.78 is 0. The molecule has 1 aliphatic carbocycles. The fourth-order valence-electron chi connectivity index (χ4n) is 4.31. The molecule has 2 aromatic rings. The molecule has 4 nitrogen and oxygen atoms in total. The molecule has 0 spiro atoms. The minimum atomic E-state index is 0.0768. The van der Waals surface area contributed by atoms with Crippen LogP contribution in [0.2, 0.25) is 0 Å². The number of piperazine rings is 1. The maximum Gasteiger partial charge on any atom is 0.251 e. The Kier molecular flexibility index (Phi) is 6.40. The van der Waals surface area contributed by atoms with Crippen LogP contribution in [0.1, 0.15) is 47.2 Å².